The van der Waals surface area contributed by atoms with Crippen molar-refractivity contribution in [2.45, 2.75) is 19.8 Å². The maximum Gasteiger partial charge on any atom is 0.265 e. The molecule has 1 saturated heterocycles. The molecule has 1 atom stereocenters. The molecule has 1 aromatic heterocycles. The number of carbonyl (C=O) groups excluding carboxylic acids is 2. The Morgan fingerprint density at radius 2 is 2.12 bits per heavy atom. The molecule has 26 heavy (non-hydrogen) atoms. The molecule has 0 radical (unpaired) electrons. The van der Waals surface area contributed by atoms with E-state index in [1.165, 1.54) is 11.3 Å². The highest BCUT2D eigenvalue weighted by Gasteiger charge is 2.30. The van der Waals surface area contributed by atoms with E-state index in [0.717, 1.165) is 29.1 Å². The maximum atomic E-state index is 13.0. The minimum absolute atomic E-state index is 0.0149. The largest absolute Gasteiger partial charge is 0.355 e. The summed E-state index contributed by atoms with van der Waals surface area (Å²) in [5.74, 6) is -0.210. The van der Waals surface area contributed by atoms with Gasteiger partial charge < -0.3 is 16.0 Å². The average molecular weight is 372 g/mol. The van der Waals surface area contributed by atoms with E-state index in [-0.39, 0.29) is 17.7 Å². The number of likely N-dealkylation sites (tertiary alicyclic amines) is 1. The number of nitrogens with one attached hydrogen (secondary N) is 1. The fourth-order valence-corrected chi connectivity index (χ4v) is 4.20. The van der Waals surface area contributed by atoms with E-state index in [0.29, 0.717) is 31.1 Å². The van der Waals surface area contributed by atoms with E-state index < -0.39 is 0 Å². The standard InChI is InChI=1S/C19H24N4O2S/c1-13-16(26-18(22-13)14-6-3-2-4-7-14)19(25)23-11-5-8-15(12-23)17(24)21-10-9-20/h2-4,6-7,15H,5,8-12,20H2,1H3,(H,21,24). The molecule has 138 valence electrons. The zero-order valence-corrected chi connectivity index (χ0v) is 15.7. The molecule has 2 amide bonds. The smallest absolute Gasteiger partial charge is 0.265 e. The van der Waals surface area contributed by atoms with Crippen LogP contribution in [-0.4, -0.2) is 47.9 Å². The summed E-state index contributed by atoms with van der Waals surface area (Å²) in [6.45, 7) is 3.89. The molecule has 1 aliphatic heterocycles. The van der Waals surface area contributed by atoms with Gasteiger partial charge in [0.1, 0.15) is 9.88 Å². The van der Waals surface area contributed by atoms with E-state index in [9.17, 15) is 9.59 Å². The predicted molar refractivity (Wildman–Crippen MR) is 103 cm³/mol. The van der Waals surface area contributed by atoms with Gasteiger partial charge in [-0.15, -0.1) is 11.3 Å². The highest BCUT2D eigenvalue weighted by atomic mass is 32.1. The number of hydrogen-bond donors (Lipinski definition) is 2. The molecule has 0 spiro atoms. The SMILES string of the molecule is Cc1nc(-c2ccccc2)sc1C(=O)N1CCCC(C(=O)NCCN)C1. The first-order valence-electron chi connectivity index (χ1n) is 8.90. The Labute approximate surface area is 157 Å². The Morgan fingerprint density at radius 1 is 1.35 bits per heavy atom. The lowest BCUT2D eigenvalue weighted by molar-refractivity contribution is -0.126. The molecule has 0 bridgehead atoms. The van der Waals surface area contributed by atoms with Crippen molar-refractivity contribution in [3.8, 4) is 10.6 Å². The average Bonchev–Trinajstić information content (AvgIpc) is 3.08. The fraction of sp³-hybridized carbons (Fsp3) is 0.421. The quantitative estimate of drug-likeness (QED) is 0.841. The van der Waals surface area contributed by atoms with Crippen LogP contribution >= 0.6 is 11.3 Å². The van der Waals surface area contributed by atoms with Crippen molar-refractivity contribution >= 4 is 23.2 Å². The maximum absolute atomic E-state index is 13.0. The number of nitrogens with two attached hydrogens (primary N) is 1. The molecule has 3 rings (SSSR count). The van der Waals surface area contributed by atoms with Crippen LogP contribution in [0.25, 0.3) is 10.6 Å². The van der Waals surface area contributed by atoms with Gasteiger partial charge in [-0.1, -0.05) is 30.3 Å². The van der Waals surface area contributed by atoms with Crippen LogP contribution in [0.5, 0.6) is 0 Å². The van der Waals surface area contributed by atoms with Crippen LogP contribution in [-0.2, 0) is 4.79 Å². The van der Waals surface area contributed by atoms with Gasteiger partial charge in [0.2, 0.25) is 5.91 Å². The van der Waals surface area contributed by atoms with Crippen molar-refractivity contribution in [3.05, 3.63) is 40.9 Å². The van der Waals surface area contributed by atoms with Gasteiger partial charge in [0, 0.05) is 31.7 Å². The highest BCUT2D eigenvalue weighted by molar-refractivity contribution is 7.17. The molecule has 2 heterocycles. The molecule has 1 fully saturated rings. The van der Waals surface area contributed by atoms with Crippen LogP contribution in [0.1, 0.15) is 28.2 Å². The van der Waals surface area contributed by atoms with Crippen molar-refractivity contribution in [2.24, 2.45) is 11.7 Å². The monoisotopic (exact) mass is 372 g/mol. The molecule has 2 aromatic rings. The molecule has 0 aliphatic carbocycles. The van der Waals surface area contributed by atoms with Crippen LogP contribution in [0, 0.1) is 12.8 Å². The summed E-state index contributed by atoms with van der Waals surface area (Å²) in [6.07, 6.45) is 1.63. The van der Waals surface area contributed by atoms with E-state index in [1.54, 1.807) is 4.90 Å². The van der Waals surface area contributed by atoms with E-state index >= 15 is 0 Å². The lowest BCUT2D eigenvalue weighted by Crippen LogP contribution is -2.46. The van der Waals surface area contributed by atoms with E-state index in [4.69, 9.17) is 5.73 Å². The Morgan fingerprint density at radius 3 is 2.85 bits per heavy atom. The lowest BCUT2D eigenvalue weighted by atomic mass is 9.97. The summed E-state index contributed by atoms with van der Waals surface area (Å²) < 4.78 is 0. The number of aryl methyl sites for hydroxylation is 1. The number of rotatable bonds is 5. The summed E-state index contributed by atoms with van der Waals surface area (Å²) in [4.78, 5) is 32.2. The van der Waals surface area contributed by atoms with Crippen LogP contribution in [0.3, 0.4) is 0 Å². The van der Waals surface area contributed by atoms with Gasteiger partial charge in [-0.3, -0.25) is 9.59 Å². The third-order valence-corrected chi connectivity index (χ3v) is 5.73. The normalized spacial score (nSPS) is 17.2. The Balaban J connectivity index is 1.73. The zero-order valence-electron chi connectivity index (χ0n) is 14.9. The molecule has 7 heteroatoms. The van der Waals surface area contributed by atoms with Gasteiger partial charge in [0.25, 0.3) is 5.91 Å². The summed E-state index contributed by atoms with van der Waals surface area (Å²) >= 11 is 1.42. The molecule has 3 N–H and O–H groups in total. The van der Waals surface area contributed by atoms with Gasteiger partial charge in [-0.05, 0) is 19.8 Å². The van der Waals surface area contributed by atoms with Gasteiger partial charge >= 0.3 is 0 Å². The lowest BCUT2D eigenvalue weighted by Gasteiger charge is -2.31. The van der Waals surface area contributed by atoms with Gasteiger partial charge in [0.05, 0.1) is 11.6 Å². The first-order chi connectivity index (χ1) is 12.6. The third-order valence-electron chi connectivity index (χ3n) is 4.53. The number of thiazole rings is 1. The zero-order chi connectivity index (χ0) is 18.5. The fourth-order valence-electron chi connectivity index (χ4n) is 3.16. The highest BCUT2D eigenvalue weighted by Crippen LogP contribution is 2.29. The first kappa shape index (κ1) is 18.5. The van der Waals surface area contributed by atoms with Crippen LogP contribution < -0.4 is 11.1 Å². The van der Waals surface area contributed by atoms with Crippen molar-refractivity contribution < 1.29 is 9.59 Å². The molecular weight excluding hydrogens is 348 g/mol. The first-order valence-corrected chi connectivity index (χ1v) is 9.71. The predicted octanol–water partition coefficient (Wildman–Crippen LogP) is 2.05. The summed E-state index contributed by atoms with van der Waals surface area (Å²) in [7, 11) is 0. The van der Waals surface area contributed by atoms with Crippen molar-refractivity contribution in [3.63, 3.8) is 0 Å². The van der Waals surface area contributed by atoms with Crippen molar-refractivity contribution in [1.82, 2.24) is 15.2 Å². The van der Waals surface area contributed by atoms with Crippen LogP contribution in [0.4, 0.5) is 0 Å². The Hall–Kier alpha value is -2.25. The molecule has 1 unspecified atom stereocenters. The van der Waals surface area contributed by atoms with Crippen molar-refractivity contribution in [2.75, 3.05) is 26.2 Å². The number of carbonyl (C=O) groups is 2. The molecule has 1 aromatic carbocycles. The topological polar surface area (TPSA) is 88.3 Å². The number of hydrogen-bond acceptors (Lipinski definition) is 5. The number of nitrogens with zero attached hydrogens (tertiary/aromatic N) is 2. The Kier molecular flexibility index (Phi) is 6.00. The third kappa shape index (κ3) is 4.11. The second-order valence-electron chi connectivity index (χ2n) is 6.47. The second kappa shape index (κ2) is 8.42. The molecular formula is C19H24N4O2S. The Bertz CT molecular complexity index is 775. The number of benzene rings is 1. The number of aromatic nitrogens is 1. The van der Waals surface area contributed by atoms with E-state index in [1.807, 2.05) is 37.3 Å². The summed E-state index contributed by atoms with van der Waals surface area (Å²) in [6, 6.07) is 9.86. The number of piperidine rings is 1. The van der Waals surface area contributed by atoms with Gasteiger partial charge in [-0.25, -0.2) is 4.98 Å². The van der Waals surface area contributed by atoms with Crippen LogP contribution in [0.15, 0.2) is 30.3 Å². The minimum Gasteiger partial charge on any atom is -0.355 e. The minimum atomic E-state index is -0.166. The summed E-state index contributed by atoms with van der Waals surface area (Å²) in [5.41, 5.74) is 7.20. The van der Waals surface area contributed by atoms with Crippen molar-refractivity contribution in [1.29, 1.82) is 0 Å². The molecule has 0 saturated carbocycles. The molecule has 6 nitrogen and oxygen atoms in total. The van der Waals surface area contributed by atoms with Crippen LogP contribution in [0.2, 0.25) is 0 Å². The molecule has 1 aliphatic rings. The second-order valence-corrected chi connectivity index (χ2v) is 7.47. The van der Waals surface area contributed by atoms with Gasteiger partial charge in [-0.2, -0.15) is 0 Å². The van der Waals surface area contributed by atoms with Gasteiger partial charge in [0.15, 0.2) is 0 Å². The van der Waals surface area contributed by atoms with E-state index in [2.05, 4.69) is 10.3 Å². The summed E-state index contributed by atoms with van der Waals surface area (Å²) in [5, 5.41) is 3.67. The number of amides is 2.